The largest absolute Gasteiger partial charge is 0.434 e. The number of aryl methyl sites for hydroxylation is 1. The van der Waals surface area contributed by atoms with Gasteiger partial charge in [0.25, 0.3) is 11.1 Å². The molecular formula is C25H21F9N6O3. The molecule has 0 atom stereocenters. The number of alkyl halides is 8. The SMILES string of the molecule is Nc1cn[nH]c(=O)c1C(F)(F)F.O=c1c2cc(F)c(-c3cnc(C(F)(F)F)cn3)cc2ccn1CCCCCOC(F)F. The van der Waals surface area contributed by atoms with Crippen molar-refractivity contribution in [3.05, 3.63) is 80.8 Å². The average molecular weight is 624 g/mol. The van der Waals surface area contributed by atoms with Crippen molar-refractivity contribution in [2.75, 3.05) is 12.3 Å². The monoisotopic (exact) mass is 624 g/mol. The van der Waals surface area contributed by atoms with Gasteiger partial charge in [-0.3, -0.25) is 14.6 Å². The molecule has 1 aromatic carbocycles. The maximum absolute atomic E-state index is 14.6. The fourth-order valence-corrected chi connectivity index (χ4v) is 3.73. The summed E-state index contributed by atoms with van der Waals surface area (Å²) in [5.41, 5.74) is -0.312. The molecule has 0 amide bonds. The lowest BCUT2D eigenvalue weighted by Crippen LogP contribution is -2.24. The van der Waals surface area contributed by atoms with Crippen molar-refractivity contribution in [2.24, 2.45) is 0 Å². The third kappa shape index (κ3) is 8.76. The molecule has 3 heterocycles. The van der Waals surface area contributed by atoms with Gasteiger partial charge in [-0.05, 0) is 42.8 Å². The topological polar surface area (TPSA) is 129 Å². The van der Waals surface area contributed by atoms with Crippen LogP contribution in [0.5, 0.6) is 0 Å². The molecule has 4 aromatic rings. The minimum absolute atomic E-state index is 0.0783. The van der Waals surface area contributed by atoms with Gasteiger partial charge >= 0.3 is 19.0 Å². The van der Waals surface area contributed by atoms with E-state index >= 15 is 0 Å². The zero-order valence-electron chi connectivity index (χ0n) is 21.6. The van der Waals surface area contributed by atoms with Crippen LogP contribution in [0.2, 0.25) is 0 Å². The van der Waals surface area contributed by atoms with Gasteiger partial charge in [0, 0.05) is 18.3 Å². The number of halogens is 9. The Labute approximate surface area is 235 Å². The van der Waals surface area contributed by atoms with Gasteiger partial charge in [-0.1, -0.05) is 0 Å². The van der Waals surface area contributed by atoms with E-state index in [1.165, 1.54) is 16.8 Å². The van der Waals surface area contributed by atoms with Crippen molar-refractivity contribution >= 4 is 16.5 Å². The summed E-state index contributed by atoms with van der Waals surface area (Å²) in [6, 6.07) is 3.92. The lowest BCUT2D eigenvalue weighted by atomic mass is 10.1. The number of nitrogen functional groups attached to an aromatic ring is 1. The van der Waals surface area contributed by atoms with Crippen LogP contribution in [0.25, 0.3) is 22.0 Å². The summed E-state index contributed by atoms with van der Waals surface area (Å²) in [4.78, 5) is 30.1. The van der Waals surface area contributed by atoms with E-state index in [0.29, 0.717) is 37.4 Å². The molecule has 0 saturated heterocycles. The Balaban J connectivity index is 0.000000353. The zero-order chi connectivity index (χ0) is 31.9. The van der Waals surface area contributed by atoms with Crippen molar-refractivity contribution in [3.63, 3.8) is 0 Å². The number of nitrogens with two attached hydrogens (primary N) is 1. The summed E-state index contributed by atoms with van der Waals surface area (Å²) in [7, 11) is 0. The van der Waals surface area contributed by atoms with E-state index in [1.54, 1.807) is 11.2 Å². The van der Waals surface area contributed by atoms with Crippen LogP contribution >= 0.6 is 0 Å². The van der Waals surface area contributed by atoms with Crippen LogP contribution in [0.15, 0.2) is 52.6 Å². The fourth-order valence-electron chi connectivity index (χ4n) is 3.73. The number of anilines is 1. The van der Waals surface area contributed by atoms with Gasteiger partial charge in [-0.2, -0.15) is 40.2 Å². The average Bonchev–Trinajstić information content (AvgIpc) is 2.91. The van der Waals surface area contributed by atoms with Gasteiger partial charge in [-0.15, -0.1) is 0 Å². The van der Waals surface area contributed by atoms with Crippen LogP contribution in [0.3, 0.4) is 0 Å². The highest BCUT2D eigenvalue weighted by atomic mass is 19.4. The second-order valence-electron chi connectivity index (χ2n) is 8.74. The van der Waals surface area contributed by atoms with Crippen LogP contribution in [-0.4, -0.2) is 38.0 Å². The number of pyridine rings is 1. The van der Waals surface area contributed by atoms with E-state index in [2.05, 4.69) is 19.8 Å². The zero-order valence-corrected chi connectivity index (χ0v) is 21.6. The number of benzene rings is 1. The van der Waals surface area contributed by atoms with Crippen molar-refractivity contribution < 1.29 is 44.3 Å². The first kappa shape index (κ1) is 33.0. The lowest BCUT2D eigenvalue weighted by Gasteiger charge is -2.10. The van der Waals surface area contributed by atoms with E-state index in [4.69, 9.17) is 5.73 Å². The molecular weight excluding hydrogens is 603 g/mol. The Morgan fingerprint density at radius 3 is 2.23 bits per heavy atom. The van der Waals surface area contributed by atoms with E-state index < -0.39 is 52.8 Å². The van der Waals surface area contributed by atoms with Gasteiger partial charge in [0.2, 0.25) is 0 Å². The van der Waals surface area contributed by atoms with Gasteiger partial charge < -0.3 is 15.0 Å². The number of nitrogens with zero attached hydrogens (tertiary/aromatic N) is 4. The Hall–Kier alpha value is -4.48. The molecule has 3 N–H and O–H groups in total. The van der Waals surface area contributed by atoms with Crippen molar-refractivity contribution in [3.8, 4) is 11.3 Å². The maximum atomic E-state index is 14.6. The van der Waals surface area contributed by atoms with E-state index in [-0.39, 0.29) is 23.3 Å². The van der Waals surface area contributed by atoms with Crippen molar-refractivity contribution in [2.45, 2.75) is 44.8 Å². The molecule has 232 valence electrons. The number of hydrogen-bond donors (Lipinski definition) is 2. The second kappa shape index (κ2) is 13.7. The summed E-state index contributed by atoms with van der Waals surface area (Å²) < 4.78 is 118. The molecule has 0 saturated carbocycles. The van der Waals surface area contributed by atoms with Crippen LogP contribution < -0.4 is 16.9 Å². The number of unbranched alkanes of at least 4 members (excludes halogenated alkanes) is 2. The molecule has 0 aliphatic carbocycles. The number of H-pyrrole nitrogens is 1. The number of hydrogen-bond acceptors (Lipinski definition) is 7. The Kier molecular flexibility index (Phi) is 10.5. The third-order valence-corrected chi connectivity index (χ3v) is 5.74. The van der Waals surface area contributed by atoms with E-state index in [0.717, 1.165) is 18.5 Å². The number of aromatic amines is 1. The Morgan fingerprint density at radius 1 is 0.953 bits per heavy atom. The molecule has 0 fully saturated rings. The smallest absolute Gasteiger partial charge is 0.397 e. The summed E-state index contributed by atoms with van der Waals surface area (Å²) in [5, 5.41) is 5.23. The number of ether oxygens (including phenoxy) is 1. The Morgan fingerprint density at radius 2 is 1.67 bits per heavy atom. The highest BCUT2D eigenvalue weighted by molar-refractivity contribution is 5.86. The summed E-state index contributed by atoms with van der Waals surface area (Å²) in [6.07, 6.45) is -4.27. The number of fused-ring (bicyclic) bond motifs is 1. The fraction of sp³-hybridized carbons (Fsp3) is 0.320. The van der Waals surface area contributed by atoms with Gasteiger partial charge in [0.05, 0.1) is 42.0 Å². The first-order valence-electron chi connectivity index (χ1n) is 12.1. The molecule has 0 aliphatic rings. The first-order chi connectivity index (χ1) is 20.1. The van der Waals surface area contributed by atoms with Crippen LogP contribution in [-0.2, 0) is 23.6 Å². The Bertz CT molecular complexity index is 1650. The minimum Gasteiger partial charge on any atom is -0.397 e. The molecule has 0 unspecified atom stereocenters. The van der Waals surface area contributed by atoms with Gasteiger partial charge in [-0.25, -0.2) is 14.5 Å². The molecule has 3 aromatic heterocycles. The number of aromatic nitrogens is 5. The van der Waals surface area contributed by atoms with E-state index in [1.807, 2.05) is 0 Å². The standard InChI is InChI=1S/C20H17F6N3O2.C5H4F3N3O/c21-15-9-13-12(8-14(15)16-10-28-17(11-27-16)20(24,25)26)4-6-29(18(13)30)5-2-1-3-7-31-19(22)23;6-5(7,8)3-2(9)1-10-11-4(3)12/h4,6,8-11,19H,1-3,5,7H2;1H,(H3,9,11,12). The molecule has 4 rings (SSSR count). The molecule has 9 nitrogen and oxygen atoms in total. The minimum atomic E-state index is -4.74. The summed E-state index contributed by atoms with van der Waals surface area (Å²) in [5.74, 6) is -0.819. The van der Waals surface area contributed by atoms with Gasteiger partial charge in [0.1, 0.15) is 11.4 Å². The first-order valence-corrected chi connectivity index (χ1v) is 12.1. The van der Waals surface area contributed by atoms with Crippen LogP contribution in [0, 0.1) is 5.82 Å². The van der Waals surface area contributed by atoms with Gasteiger partial charge in [0.15, 0.2) is 5.69 Å². The molecule has 0 aliphatic heterocycles. The molecule has 0 bridgehead atoms. The number of rotatable bonds is 8. The van der Waals surface area contributed by atoms with Crippen LogP contribution in [0.4, 0.5) is 45.2 Å². The number of nitrogens with one attached hydrogen (secondary N) is 1. The molecule has 43 heavy (non-hydrogen) atoms. The van der Waals surface area contributed by atoms with Crippen LogP contribution in [0.1, 0.15) is 30.5 Å². The van der Waals surface area contributed by atoms with Crippen molar-refractivity contribution in [1.82, 2.24) is 24.7 Å². The summed E-state index contributed by atoms with van der Waals surface area (Å²) in [6.45, 7) is -2.57. The highest BCUT2D eigenvalue weighted by Crippen LogP contribution is 2.30. The lowest BCUT2D eigenvalue weighted by molar-refractivity contribution is -0.141. The van der Waals surface area contributed by atoms with E-state index in [9.17, 15) is 49.1 Å². The molecule has 0 spiro atoms. The molecule has 0 radical (unpaired) electrons. The second-order valence-corrected chi connectivity index (χ2v) is 8.74. The predicted molar refractivity (Wildman–Crippen MR) is 134 cm³/mol. The van der Waals surface area contributed by atoms with Crippen molar-refractivity contribution in [1.29, 1.82) is 0 Å². The molecule has 18 heteroatoms. The highest BCUT2D eigenvalue weighted by Gasteiger charge is 2.36. The quantitative estimate of drug-likeness (QED) is 0.199. The summed E-state index contributed by atoms with van der Waals surface area (Å²) >= 11 is 0. The normalized spacial score (nSPS) is 12.0. The predicted octanol–water partition coefficient (Wildman–Crippen LogP) is 5.40. The maximum Gasteiger partial charge on any atom is 0.434 e. The third-order valence-electron chi connectivity index (χ3n) is 5.74.